The van der Waals surface area contributed by atoms with Crippen LogP contribution in [0.5, 0.6) is 0 Å². The van der Waals surface area contributed by atoms with E-state index in [1.165, 1.54) is 0 Å². The molecule has 4 nitrogen and oxygen atoms in total. The SMILES string of the molecule is CCC(C#N)N1CCN(C(=O)c2ccc(C)cc2Br)CC1. The monoisotopic (exact) mass is 349 g/mol. The summed E-state index contributed by atoms with van der Waals surface area (Å²) in [4.78, 5) is 16.6. The van der Waals surface area contributed by atoms with E-state index in [9.17, 15) is 4.79 Å². The van der Waals surface area contributed by atoms with Crippen molar-refractivity contribution in [3.05, 3.63) is 33.8 Å². The van der Waals surface area contributed by atoms with Crippen molar-refractivity contribution in [2.24, 2.45) is 0 Å². The van der Waals surface area contributed by atoms with Crippen LogP contribution in [0.2, 0.25) is 0 Å². The Hall–Kier alpha value is -1.38. The summed E-state index contributed by atoms with van der Waals surface area (Å²) >= 11 is 3.47. The number of rotatable bonds is 3. The van der Waals surface area contributed by atoms with Crippen molar-refractivity contribution in [3.8, 4) is 6.07 Å². The first-order valence-corrected chi connectivity index (χ1v) is 8.05. The molecule has 1 amide bonds. The number of nitriles is 1. The predicted molar refractivity (Wildman–Crippen MR) is 86.0 cm³/mol. The highest BCUT2D eigenvalue weighted by Gasteiger charge is 2.26. The Morgan fingerprint density at radius 2 is 2.05 bits per heavy atom. The molecule has 0 aromatic heterocycles. The van der Waals surface area contributed by atoms with E-state index in [0.717, 1.165) is 29.5 Å². The molecule has 0 N–H and O–H groups in total. The third kappa shape index (κ3) is 3.63. The van der Waals surface area contributed by atoms with Gasteiger partial charge in [0.05, 0.1) is 17.7 Å². The van der Waals surface area contributed by atoms with Crippen LogP contribution in [0, 0.1) is 18.3 Å². The lowest BCUT2D eigenvalue weighted by molar-refractivity contribution is 0.0603. The fourth-order valence-corrected chi connectivity index (χ4v) is 3.29. The predicted octanol–water partition coefficient (Wildman–Crippen LogP) is 2.82. The zero-order valence-corrected chi connectivity index (χ0v) is 14.1. The first kappa shape index (κ1) is 16.0. The van der Waals surface area contributed by atoms with Crippen LogP contribution in [0.25, 0.3) is 0 Å². The van der Waals surface area contributed by atoms with E-state index in [2.05, 4.69) is 26.9 Å². The van der Waals surface area contributed by atoms with Gasteiger partial charge < -0.3 is 4.90 Å². The van der Waals surface area contributed by atoms with Crippen molar-refractivity contribution in [1.82, 2.24) is 9.80 Å². The van der Waals surface area contributed by atoms with Crippen molar-refractivity contribution < 1.29 is 4.79 Å². The highest BCUT2D eigenvalue weighted by molar-refractivity contribution is 9.10. The van der Waals surface area contributed by atoms with Gasteiger partial charge in [0.15, 0.2) is 0 Å². The number of aryl methyl sites for hydroxylation is 1. The first-order valence-electron chi connectivity index (χ1n) is 7.26. The van der Waals surface area contributed by atoms with E-state index in [0.29, 0.717) is 18.7 Å². The number of amides is 1. The Morgan fingerprint density at radius 1 is 1.38 bits per heavy atom. The van der Waals surface area contributed by atoms with Gasteiger partial charge in [-0.15, -0.1) is 0 Å². The molecular formula is C16H20BrN3O. The Kier molecular flexibility index (Phi) is 5.38. The third-order valence-electron chi connectivity index (χ3n) is 3.93. The lowest BCUT2D eigenvalue weighted by atomic mass is 10.1. The van der Waals surface area contributed by atoms with Crippen molar-refractivity contribution >= 4 is 21.8 Å². The molecule has 1 atom stereocenters. The maximum Gasteiger partial charge on any atom is 0.255 e. The molecular weight excluding hydrogens is 330 g/mol. The largest absolute Gasteiger partial charge is 0.336 e. The van der Waals surface area contributed by atoms with Crippen LogP contribution < -0.4 is 0 Å². The van der Waals surface area contributed by atoms with Crippen molar-refractivity contribution in [2.45, 2.75) is 26.3 Å². The minimum absolute atomic E-state index is 0.0339. The zero-order chi connectivity index (χ0) is 15.4. The van der Waals surface area contributed by atoms with Gasteiger partial charge in [-0.1, -0.05) is 13.0 Å². The number of benzene rings is 1. The zero-order valence-electron chi connectivity index (χ0n) is 12.5. The molecule has 1 aliphatic heterocycles. The molecule has 21 heavy (non-hydrogen) atoms. The van der Waals surface area contributed by atoms with E-state index in [4.69, 9.17) is 5.26 Å². The number of hydrogen-bond donors (Lipinski definition) is 0. The molecule has 1 unspecified atom stereocenters. The molecule has 1 aliphatic rings. The molecule has 0 bridgehead atoms. The lowest BCUT2D eigenvalue weighted by Crippen LogP contribution is -2.51. The summed E-state index contributed by atoms with van der Waals surface area (Å²) in [5.74, 6) is 0.0616. The standard InChI is InChI=1S/C16H20BrN3O/c1-3-13(11-18)19-6-8-20(9-7-19)16(21)14-5-4-12(2)10-15(14)17/h4-5,10,13H,3,6-9H2,1-2H3. The van der Waals surface area contributed by atoms with Gasteiger partial charge in [-0.2, -0.15) is 5.26 Å². The average Bonchev–Trinajstić information content (AvgIpc) is 2.48. The lowest BCUT2D eigenvalue weighted by Gasteiger charge is -2.36. The van der Waals surface area contributed by atoms with Crippen LogP contribution in [0.1, 0.15) is 29.3 Å². The molecule has 1 heterocycles. The topological polar surface area (TPSA) is 47.3 Å². The summed E-state index contributed by atoms with van der Waals surface area (Å²) in [5.41, 5.74) is 1.84. The number of carbonyl (C=O) groups excluding carboxylic acids is 1. The minimum Gasteiger partial charge on any atom is -0.336 e. The van der Waals surface area contributed by atoms with Gasteiger partial charge in [-0.05, 0) is 47.0 Å². The number of nitrogens with zero attached hydrogens (tertiary/aromatic N) is 3. The average molecular weight is 350 g/mol. The molecule has 2 rings (SSSR count). The summed E-state index contributed by atoms with van der Waals surface area (Å²) < 4.78 is 0.846. The van der Waals surface area contributed by atoms with E-state index in [1.54, 1.807) is 0 Å². The number of carbonyl (C=O) groups is 1. The maximum atomic E-state index is 12.6. The molecule has 112 valence electrons. The Bertz CT molecular complexity index is 559. The van der Waals surface area contributed by atoms with Crippen LogP contribution in [-0.4, -0.2) is 47.9 Å². The summed E-state index contributed by atoms with van der Waals surface area (Å²) in [6, 6.07) is 8.09. The highest BCUT2D eigenvalue weighted by Crippen LogP contribution is 2.21. The van der Waals surface area contributed by atoms with Crippen molar-refractivity contribution in [1.29, 1.82) is 5.26 Å². The van der Waals surface area contributed by atoms with Gasteiger partial charge >= 0.3 is 0 Å². The second-order valence-corrected chi connectivity index (χ2v) is 6.22. The quantitative estimate of drug-likeness (QED) is 0.842. The van der Waals surface area contributed by atoms with Crippen molar-refractivity contribution in [2.75, 3.05) is 26.2 Å². The Labute approximate surface area is 134 Å². The first-order chi connectivity index (χ1) is 10.1. The van der Waals surface area contributed by atoms with Crippen LogP contribution in [0.3, 0.4) is 0 Å². The summed E-state index contributed by atoms with van der Waals surface area (Å²) in [5, 5.41) is 9.12. The molecule has 0 spiro atoms. The van der Waals surface area contributed by atoms with E-state index < -0.39 is 0 Å². The molecule has 0 saturated carbocycles. The fourth-order valence-electron chi connectivity index (χ4n) is 2.63. The van der Waals surface area contributed by atoms with Crippen LogP contribution in [0.4, 0.5) is 0 Å². The Balaban J connectivity index is 2.02. The second-order valence-electron chi connectivity index (χ2n) is 5.36. The van der Waals surface area contributed by atoms with Gasteiger partial charge in [0.2, 0.25) is 0 Å². The summed E-state index contributed by atoms with van der Waals surface area (Å²) in [6.45, 7) is 6.91. The van der Waals surface area contributed by atoms with E-state index >= 15 is 0 Å². The van der Waals surface area contributed by atoms with Gasteiger partial charge in [-0.3, -0.25) is 9.69 Å². The van der Waals surface area contributed by atoms with Crippen molar-refractivity contribution in [3.63, 3.8) is 0 Å². The number of halogens is 1. The van der Waals surface area contributed by atoms with Crippen LogP contribution in [0.15, 0.2) is 22.7 Å². The third-order valence-corrected chi connectivity index (χ3v) is 4.59. The second kappa shape index (κ2) is 7.06. The van der Waals surface area contributed by atoms with E-state index in [-0.39, 0.29) is 11.9 Å². The molecule has 0 aliphatic carbocycles. The maximum absolute atomic E-state index is 12.6. The minimum atomic E-state index is -0.0339. The molecule has 1 fully saturated rings. The van der Waals surface area contributed by atoms with Gasteiger partial charge in [-0.25, -0.2) is 0 Å². The number of piperazine rings is 1. The van der Waals surface area contributed by atoms with Gasteiger partial charge in [0.1, 0.15) is 0 Å². The summed E-state index contributed by atoms with van der Waals surface area (Å²) in [7, 11) is 0. The van der Waals surface area contributed by atoms with Gasteiger partial charge in [0.25, 0.3) is 5.91 Å². The smallest absolute Gasteiger partial charge is 0.255 e. The normalized spacial score (nSPS) is 17.3. The molecule has 0 radical (unpaired) electrons. The molecule has 1 aromatic rings. The van der Waals surface area contributed by atoms with Crippen LogP contribution in [-0.2, 0) is 0 Å². The van der Waals surface area contributed by atoms with Crippen LogP contribution >= 0.6 is 15.9 Å². The number of hydrogen-bond acceptors (Lipinski definition) is 3. The molecule has 1 aromatic carbocycles. The van der Waals surface area contributed by atoms with Gasteiger partial charge in [0, 0.05) is 30.7 Å². The molecule has 5 heteroatoms. The highest BCUT2D eigenvalue weighted by atomic mass is 79.9. The Morgan fingerprint density at radius 3 is 2.57 bits per heavy atom. The van der Waals surface area contributed by atoms with E-state index in [1.807, 2.05) is 36.9 Å². The summed E-state index contributed by atoms with van der Waals surface area (Å²) in [6.07, 6.45) is 0.827. The molecule has 1 saturated heterocycles. The fraction of sp³-hybridized carbons (Fsp3) is 0.500.